The summed E-state index contributed by atoms with van der Waals surface area (Å²) < 4.78 is 5.56. The average Bonchev–Trinajstić information content (AvgIpc) is 2.64. The van der Waals surface area contributed by atoms with Gasteiger partial charge in [-0.1, -0.05) is 44.4 Å². The molecule has 5 heteroatoms. The Morgan fingerprint density at radius 1 is 1.08 bits per heavy atom. The van der Waals surface area contributed by atoms with E-state index in [0.717, 1.165) is 43.4 Å². The van der Waals surface area contributed by atoms with Crippen LogP contribution in [-0.4, -0.2) is 31.5 Å². The predicted molar refractivity (Wildman–Crippen MR) is 93.9 cm³/mol. The van der Waals surface area contributed by atoms with Crippen molar-refractivity contribution < 1.29 is 14.3 Å². The third kappa shape index (κ3) is 5.87. The second-order valence-corrected chi connectivity index (χ2v) is 6.23. The molecule has 1 saturated carbocycles. The number of aryl methyl sites for hydroxylation is 1. The van der Waals surface area contributed by atoms with E-state index in [0.29, 0.717) is 13.1 Å². The number of ether oxygens (including phenoxy) is 1. The van der Waals surface area contributed by atoms with Gasteiger partial charge in [0.05, 0.1) is 0 Å². The van der Waals surface area contributed by atoms with Crippen molar-refractivity contribution in [2.24, 2.45) is 5.92 Å². The number of para-hydroxylation sites is 1. The van der Waals surface area contributed by atoms with Gasteiger partial charge < -0.3 is 15.4 Å². The van der Waals surface area contributed by atoms with Crippen LogP contribution in [0.25, 0.3) is 0 Å². The fourth-order valence-electron chi connectivity index (χ4n) is 3.03. The monoisotopic (exact) mass is 332 g/mol. The van der Waals surface area contributed by atoms with Gasteiger partial charge in [-0.3, -0.25) is 9.59 Å². The third-order valence-corrected chi connectivity index (χ3v) is 4.43. The molecule has 1 aliphatic rings. The Balaban J connectivity index is 1.60. The summed E-state index contributed by atoms with van der Waals surface area (Å²) in [5.41, 5.74) is 1.09. The van der Waals surface area contributed by atoms with Crippen LogP contribution >= 0.6 is 0 Å². The number of carbonyl (C=O) groups is 2. The topological polar surface area (TPSA) is 67.4 Å². The van der Waals surface area contributed by atoms with E-state index in [9.17, 15) is 9.59 Å². The molecule has 24 heavy (non-hydrogen) atoms. The van der Waals surface area contributed by atoms with Gasteiger partial charge in [-0.25, -0.2) is 0 Å². The maximum atomic E-state index is 12.0. The largest absolute Gasteiger partial charge is 0.483 e. The van der Waals surface area contributed by atoms with Gasteiger partial charge in [0.1, 0.15) is 5.75 Å². The first-order valence-electron chi connectivity index (χ1n) is 8.95. The summed E-state index contributed by atoms with van der Waals surface area (Å²) >= 11 is 0. The van der Waals surface area contributed by atoms with Crippen LogP contribution in [0.1, 0.15) is 44.6 Å². The highest BCUT2D eigenvalue weighted by atomic mass is 16.5. The van der Waals surface area contributed by atoms with Gasteiger partial charge in [0.15, 0.2) is 6.61 Å². The minimum absolute atomic E-state index is 0.00636. The van der Waals surface area contributed by atoms with Gasteiger partial charge in [-0.15, -0.1) is 0 Å². The quantitative estimate of drug-likeness (QED) is 0.719. The number of hydrogen-bond donors (Lipinski definition) is 2. The molecule has 0 aliphatic heterocycles. The summed E-state index contributed by atoms with van der Waals surface area (Å²) in [6.07, 6.45) is 6.37. The number of hydrogen-bond acceptors (Lipinski definition) is 3. The predicted octanol–water partition coefficient (Wildman–Crippen LogP) is 2.44. The zero-order valence-corrected chi connectivity index (χ0v) is 14.5. The molecule has 5 nitrogen and oxygen atoms in total. The number of nitrogens with one attached hydrogen (secondary N) is 2. The minimum atomic E-state index is -0.173. The van der Waals surface area contributed by atoms with Crippen molar-refractivity contribution >= 4 is 11.8 Å². The van der Waals surface area contributed by atoms with E-state index in [4.69, 9.17) is 4.74 Å². The molecule has 0 radical (unpaired) electrons. The molecule has 0 spiro atoms. The molecule has 0 bridgehead atoms. The number of benzene rings is 1. The zero-order valence-electron chi connectivity index (χ0n) is 14.5. The molecule has 2 N–H and O–H groups in total. The molecule has 2 amide bonds. The first-order valence-corrected chi connectivity index (χ1v) is 8.95. The van der Waals surface area contributed by atoms with Crippen LogP contribution in [0, 0.1) is 5.92 Å². The van der Waals surface area contributed by atoms with E-state index >= 15 is 0 Å². The molecule has 1 aromatic rings. The smallest absolute Gasteiger partial charge is 0.258 e. The van der Waals surface area contributed by atoms with Gasteiger partial charge >= 0.3 is 0 Å². The number of amides is 2. The molecule has 0 unspecified atom stereocenters. The molecule has 0 heterocycles. The normalized spacial score (nSPS) is 14.9. The Hall–Kier alpha value is -2.04. The standard InChI is InChI=1S/C19H28N2O3/c1-2-15-8-6-7-11-17(15)24-14-18(22)20-12-13-21-19(23)16-9-4-3-5-10-16/h6-8,11,16H,2-5,9-10,12-14H2,1H3,(H,20,22)(H,21,23). The van der Waals surface area contributed by atoms with Crippen LogP contribution in [0.15, 0.2) is 24.3 Å². The van der Waals surface area contributed by atoms with E-state index in [-0.39, 0.29) is 24.3 Å². The van der Waals surface area contributed by atoms with Crippen molar-refractivity contribution in [1.29, 1.82) is 0 Å². The number of rotatable bonds is 8. The van der Waals surface area contributed by atoms with Crippen molar-refractivity contribution in [2.75, 3.05) is 19.7 Å². The Kier molecular flexibility index (Phi) is 7.59. The third-order valence-electron chi connectivity index (χ3n) is 4.43. The van der Waals surface area contributed by atoms with Crippen LogP contribution < -0.4 is 15.4 Å². The Labute approximate surface area is 144 Å². The Morgan fingerprint density at radius 3 is 2.54 bits per heavy atom. The molecule has 0 saturated heterocycles. The molecule has 1 aliphatic carbocycles. The van der Waals surface area contributed by atoms with E-state index in [1.807, 2.05) is 24.3 Å². The highest BCUT2D eigenvalue weighted by Crippen LogP contribution is 2.23. The van der Waals surface area contributed by atoms with Crippen molar-refractivity contribution in [3.63, 3.8) is 0 Å². The first-order chi connectivity index (χ1) is 11.7. The van der Waals surface area contributed by atoms with Crippen molar-refractivity contribution in [3.8, 4) is 5.75 Å². The fourth-order valence-corrected chi connectivity index (χ4v) is 3.03. The van der Waals surface area contributed by atoms with Gasteiger partial charge in [-0.2, -0.15) is 0 Å². The van der Waals surface area contributed by atoms with E-state index < -0.39 is 0 Å². The lowest BCUT2D eigenvalue weighted by Crippen LogP contribution is -2.39. The van der Waals surface area contributed by atoms with Crippen LogP contribution in [0.4, 0.5) is 0 Å². The molecule has 2 rings (SSSR count). The molecule has 1 aromatic carbocycles. The van der Waals surface area contributed by atoms with Crippen LogP contribution in [0.5, 0.6) is 5.75 Å². The molecule has 0 atom stereocenters. The van der Waals surface area contributed by atoms with Crippen molar-refractivity contribution in [3.05, 3.63) is 29.8 Å². The summed E-state index contributed by atoms with van der Waals surface area (Å²) in [5, 5.41) is 5.68. The molecular weight excluding hydrogens is 304 g/mol. The molecular formula is C19H28N2O3. The highest BCUT2D eigenvalue weighted by Gasteiger charge is 2.20. The highest BCUT2D eigenvalue weighted by molar-refractivity contribution is 5.79. The summed E-state index contributed by atoms with van der Waals surface area (Å²) in [6.45, 7) is 2.94. The maximum Gasteiger partial charge on any atom is 0.258 e. The van der Waals surface area contributed by atoms with Crippen molar-refractivity contribution in [1.82, 2.24) is 10.6 Å². The lowest BCUT2D eigenvalue weighted by Gasteiger charge is -2.20. The second-order valence-electron chi connectivity index (χ2n) is 6.23. The average molecular weight is 332 g/mol. The van der Waals surface area contributed by atoms with E-state index in [1.165, 1.54) is 6.42 Å². The number of carbonyl (C=O) groups excluding carboxylic acids is 2. The first kappa shape index (κ1) is 18.3. The van der Waals surface area contributed by atoms with Gasteiger partial charge in [0.25, 0.3) is 5.91 Å². The summed E-state index contributed by atoms with van der Waals surface area (Å²) in [7, 11) is 0. The summed E-state index contributed by atoms with van der Waals surface area (Å²) in [4.78, 5) is 23.8. The molecule has 1 fully saturated rings. The summed E-state index contributed by atoms with van der Waals surface area (Å²) in [5.74, 6) is 0.856. The van der Waals surface area contributed by atoms with E-state index in [1.54, 1.807) is 0 Å². The van der Waals surface area contributed by atoms with Gasteiger partial charge in [0.2, 0.25) is 5.91 Å². The Bertz CT molecular complexity index is 539. The van der Waals surface area contributed by atoms with Gasteiger partial charge in [0, 0.05) is 19.0 Å². The minimum Gasteiger partial charge on any atom is -0.483 e. The Morgan fingerprint density at radius 2 is 1.79 bits per heavy atom. The second kappa shape index (κ2) is 9.96. The van der Waals surface area contributed by atoms with Crippen LogP contribution in [0.2, 0.25) is 0 Å². The van der Waals surface area contributed by atoms with Gasteiger partial charge in [-0.05, 0) is 30.9 Å². The molecule has 132 valence electrons. The van der Waals surface area contributed by atoms with E-state index in [2.05, 4.69) is 17.6 Å². The lowest BCUT2D eigenvalue weighted by atomic mass is 9.89. The molecule has 0 aromatic heterocycles. The van der Waals surface area contributed by atoms with Crippen LogP contribution in [-0.2, 0) is 16.0 Å². The summed E-state index contributed by atoms with van der Waals surface area (Å²) in [6, 6.07) is 7.72. The van der Waals surface area contributed by atoms with Crippen molar-refractivity contribution in [2.45, 2.75) is 45.4 Å². The van der Waals surface area contributed by atoms with Crippen LogP contribution in [0.3, 0.4) is 0 Å². The fraction of sp³-hybridized carbons (Fsp3) is 0.579. The maximum absolute atomic E-state index is 12.0. The lowest BCUT2D eigenvalue weighted by molar-refractivity contribution is -0.126. The zero-order chi connectivity index (χ0) is 17.2. The SMILES string of the molecule is CCc1ccccc1OCC(=O)NCCNC(=O)C1CCCCC1.